The number of nitrogens with one attached hydrogen (secondary N) is 1. The number of pyridine rings is 6. The van der Waals surface area contributed by atoms with Crippen LogP contribution in [0.2, 0.25) is 5.02 Å². The number of amides is 3. The Morgan fingerprint density at radius 2 is 1.09 bits per heavy atom. The molecule has 0 saturated carbocycles. The second kappa shape index (κ2) is 20.9. The topological polar surface area (TPSA) is 239 Å². The number of aliphatic hydroxyl groups excluding tert-OH is 1. The average molecular weight is 937 g/mol. The molecule has 0 aliphatic rings. The maximum Gasteiger partial charge on any atom is 0.416 e. The highest BCUT2D eigenvalue weighted by Gasteiger charge is 2.30. The lowest BCUT2D eigenvalue weighted by molar-refractivity contribution is -0.137. The second-order valence-corrected chi connectivity index (χ2v) is 15.5. The monoisotopic (exact) mass is 936 g/mol. The first-order valence-corrected chi connectivity index (χ1v) is 21.0. The number of alkyl halides is 3. The van der Waals surface area contributed by atoms with Crippen LogP contribution in [0, 0.1) is 6.92 Å². The van der Waals surface area contributed by atoms with Gasteiger partial charge in [0.2, 0.25) is 0 Å². The van der Waals surface area contributed by atoms with E-state index >= 15 is 0 Å². The Hall–Kier alpha value is -8.25. The van der Waals surface area contributed by atoms with E-state index < -0.39 is 23.6 Å². The number of aryl methyl sites for hydroxylation is 1. The van der Waals surface area contributed by atoms with E-state index in [1.807, 2.05) is 42.5 Å². The van der Waals surface area contributed by atoms with E-state index in [0.29, 0.717) is 55.9 Å². The van der Waals surface area contributed by atoms with Crippen molar-refractivity contribution in [3.05, 3.63) is 179 Å². The van der Waals surface area contributed by atoms with Crippen molar-refractivity contribution in [3.8, 4) is 33.4 Å². The summed E-state index contributed by atoms with van der Waals surface area (Å²) in [6.07, 6.45) is 5.54. The lowest BCUT2D eigenvalue weighted by Gasteiger charge is -2.10. The Labute approximate surface area is 391 Å². The SMILES string of the molecule is Cc1cc2cncc(-c3ccc(C(F)(F)F)cc3)c2nc1C(N)=O.NCc1ccc(-c2cncc3ccc(C(N)=O)nc23)cc1.O=C(NCCO)c1ccc2cncc(-c3ccc(Cl)cc3)c2n1. The molecule has 6 aromatic heterocycles. The molecule has 3 aromatic carbocycles. The molecule has 0 saturated heterocycles. The number of primary amides is 2. The van der Waals surface area contributed by atoms with Crippen LogP contribution in [0.5, 0.6) is 0 Å². The van der Waals surface area contributed by atoms with Crippen molar-refractivity contribution in [1.29, 1.82) is 0 Å². The first-order valence-electron chi connectivity index (χ1n) is 20.6. The number of fused-ring (bicyclic) bond motifs is 3. The Morgan fingerprint density at radius 1 is 0.618 bits per heavy atom. The number of carbonyl (C=O) groups is 3. The predicted octanol–water partition coefficient (Wildman–Crippen LogP) is 8.25. The molecule has 0 aliphatic carbocycles. The van der Waals surface area contributed by atoms with Crippen molar-refractivity contribution in [3.63, 3.8) is 0 Å². The van der Waals surface area contributed by atoms with E-state index in [1.165, 1.54) is 18.3 Å². The zero-order chi connectivity index (χ0) is 48.5. The van der Waals surface area contributed by atoms with Gasteiger partial charge < -0.3 is 27.6 Å². The minimum atomic E-state index is -4.40. The standard InChI is InChI=1S/C17H14ClN3O2.C17H12F3N3O.C16H14N4O/c18-13-4-1-11(2-5-13)14-10-19-9-12-3-6-15(21-16(12)14)17(23)20-7-8-22;1-9-6-11-7-22-8-13(15(11)23-14(9)16(21)24)10-2-4-12(5-3-10)17(18,19)20;17-7-10-1-3-11(4-2-10)13-9-19-8-12-5-6-14(16(18)21)20-15(12)13/h1-6,9-10,22H,7-8H2,(H,20,23);2-8H,1H3,(H2,21,24);1-6,8-9H,7,17H2,(H2,18,21). The van der Waals surface area contributed by atoms with Crippen LogP contribution < -0.4 is 22.5 Å². The molecule has 14 nitrogen and oxygen atoms in total. The van der Waals surface area contributed by atoms with Gasteiger partial charge in [0.1, 0.15) is 17.1 Å². The van der Waals surface area contributed by atoms with Crippen LogP contribution in [-0.2, 0) is 12.7 Å². The summed E-state index contributed by atoms with van der Waals surface area (Å²) in [5.41, 5.74) is 24.3. The van der Waals surface area contributed by atoms with Gasteiger partial charge in [-0.15, -0.1) is 0 Å². The molecule has 3 amide bonds. The summed E-state index contributed by atoms with van der Waals surface area (Å²) in [6.45, 7) is 2.29. The summed E-state index contributed by atoms with van der Waals surface area (Å²) in [4.78, 5) is 60.5. The van der Waals surface area contributed by atoms with E-state index in [4.69, 9.17) is 33.9 Å². The summed E-state index contributed by atoms with van der Waals surface area (Å²) >= 11 is 5.93. The second-order valence-electron chi connectivity index (χ2n) is 15.0. The fraction of sp³-hybridized carbons (Fsp3) is 0.100. The number of nitrogens with zero attached hydrogens (tertiary/aromatic N) is 6. The van der Waals surface area contributed by atoms with Gasteiger partial charge in [0, 0.05) is 88.1 Å². The van der Waals surface area contributed by atoms with E-state index in [-0.39, 0.29) is 30.4 Å². The zero-order valence-electron chi connectivity index (χ0n) is 36.0. The molecule has 18 heteroatoms. The van der Waals surface area contributed by atoms with Crippen LogP contribution in [0.4, 0.5) is 13.2 Å². The number of nitrogens with two attached hydrogens (primary N) is 3. The molecule has 0 radical (unpaired) electrons. The number of aliphatic hydroxyl groups is 1. The molecular formula is C50H40ClF3N10O4. The van der Waals surface area contributed by atoms with Gasteiger partial charge in [-0.05, 0) is 89.3 Å². The first kappa shape index (κ1) is 47.7. The van der Waals surface area contributed by atoms with Crippen molar-refractivity contribution in [2.45, 2.75) is 19.6 Å². The quantitative estimate of drug-likeness (QED) is 0.0923. The fourth-order valence-electron chi connectivity index (χ4n) is 6.98. The smallest absolute Gasteiger partial charge is 0.395 e. The van der Waals surface area contributed by atoms with E-state index in [0.717, 1.165) is 50.7 Å². The van der Waals surface area contributed by atoms with Gasteiger partial charge in [-0.1, -0.05) is 60.1 Å². The third-order valence-corrected chi connectivity index (χ3v) is 10.7. The molecule has 9 aromatic rings. The third-order valence-electron chi connectivity index (χ3n) is 10.4. The summed E-state index contributed by atoms with van der Waals surface area (Å²) in [7, 11) is 0. The van der Waals surface area contributed by atoms with Crippen molar-refractivity contribution >= 4 is 62.0 Å². The van der Waals surface area contributed by atoms with Crippen molar-refractivity contribution < 1.29 is 32.7 Å². The van der Waals surface area contributed by atoms with Gasteiger partial charge in [-0.3, -0.25) is 29.3 Å². The summed E-state index contributed by atoms with van der Waals surface area (Å²) in [5.74, 6) is -1.53. The van der Waals surface area contributed by atoms with Crippen molar-refractivity contribution in [2.24, 2.45) is 17.2 Å². The van der Waals surface area contributed by atoms with Gasteiger partial charge in [-0.2, -0.15) is 13.2 Å². The minimum absolute atomic E-state index is 0.112. The van der Waals surface area contributed by atoms with E-state index in [2.05, 4.69) is 35.2 Å². The number of carbonyl (C=O) groups excluding carboxylic acids is 3. The van der Waals surface area contributed by atoms with E-state index in [1.54, 1.807) is 74.3 Å². The minimum Gasteiger partial charge on any atom is -0.395 e. The molecule has 0 spiro atoms. The molecule has 0 atom stereocenters. The lowest BCUT2D eigenvalue weighted by atomic mass is 10.0. The Balaban J connectivity index is 0.000000151. The molecule has 6 heterocycles. The van der Waals surface area contributed by atoms with Crippen LogP contribution in [-0.4, -0.2) is 65.9 Å². The van der Waals surface area contributed by atoms with Crippen LogP contribution in [0.1, 0.15) is 48.2 Å². The Bertz CT molecular complexity index is 3300. The van der Waals surface area contributed by atoms with Gasteiger partial charge in [-0.25, -0.2) is 15.0 Å². The zero-order valence-corrected chi connectivity index (χ0v) is 36.8. The first-order chi connectivity index (χ1) is 32.6. The number of benzene rings is 3. The van der Waals surface area contributed by atoms with Gasteiger partial charge >= 0.3 is 6.18 Å². The molecule has 0 fully saturated rings. The van der Waals surface area contributed by atoms with Gasteiger partial charge in [0.15, 0.2) is 0 Å². The molecule has 9 rings (SSSR count). The van der Waals surface area contributed by atoms with Crippen molar-refractivity contribution in [1.82, 2.24) is 35.2 Å². The highest BCUT2D eigenvalue weighted by atomic mass is 35.5. The summed E-state index contributed by atoms with van der Waals surface area (Å²) < 4.78 is 38.1. The largest absolute Gasteiger partial charge is 0.416 e. The summed E-state index contributed by atoms with van der Waals surface area (Å²) in [6, 6.07) is 28.5. The molecule has 0 aliphatic heterocycles. The highest BCUT2D eigenvalue weighted by molar-refractivity contribution is 6.30. The molecule has 0 bridgehead atoms. The number of hydrogen-bond acceptors (Lipinski definition) is 11. The van der Waals surface area contributed by atoms with Gasteiger partial charge in [0.05, 0.1) is 28.7 Å². The van der Waals surface area contributed by atoms with Crippen LogP contribution >= 0.6 is 11.6 Å². The highest BCUT2D eigenvalue weighted by Crippen LogP contribution is 2.33. The lowest BCUT2D eigenvalue weighted by Crippen LogP contribution is -2.27. The van der Waals surface area contributed by atoms with Crippen LogP contribution in [0.25, 0.3) is 66.1 Å². The maximum absolute atomic E-state index is 12.7. The van der Waals surface area contributed by atoms with Crippen LogP contribution in [0.3, 0.4) is 0 Å². The average Bonchev–Trinajstić information content (AvgIpc) is 3.35. The molecule has 68 heavy (non-hydrogen) atoms. The van der Waals surface area contributed by atoms with Crippen molar-refractivity contribution in [2.75, 3.05) is 13.2 Å². The molecule has 342 valence electrons. The summed E-state index contributed by atoms with van der Waals surface area (Å²) in [5, 5.41) is 14.4. The fourth-order valence-corrected chi connectivity index (χ4v) is 7.11. The maximum atomic E-state index is 12.7. The van der Waals surface area contributed by atoms with E-state index in [9.17, 15) is 27.6 Å². The Kier molecular flexibility index (Phi) is 14.7. The number of halogens is 4. The van der Waals surface area contributed by atoms with Crippen LogP contribution in [0.15, 0.2) is 140 Å². The normalized spacial score (nSPS) is 11.0. The predicted molar refractivity (Wildman–Crippen MR) is 254 cm³/mol. The molecular weight excluding hydrogens is 897 g/mol. The molecule has 0 unspecified atom stereocenters. The number of aromatic nitrogens is 6. The molecule has 8 N–H and O–H groups in total. The third kappa shape index (κ3) is 11.0. The Morgan fingerprint density at radius 3 is 1.57 bits per heavy atom. The number of rotatable bonds is 9. The number of hydrogen-bond donors (Lipinski definition) is 5. The van der Waals surface area contributed by atoms with Gasteiger partial charge in [0.25, 0.3) is 17.7 Å².